The Morgan fingerprint density at radius 1 is 1.03 bits per heavy atom. The van der Waals surface area contributed by atoms with Crippen molar-refractivity contribution < 1.29 is 24.0 Å². The summed E-state index contributed by atoms with van der Waals surface area (Å²) in [5.74, 6) is -1.34. The average molecular weight is 404 g/mol. The highest BCUT2D eigenvalue weighted by Gasteiger charge is 2.25. The maximum absolute atomic E-state index is 13.2. The molecule has 0 saturated heterocycles. The molecule has 0 spiro atoms. The second kappa shape index (κ2) is 7.00. The number of aromatic nitrogens is 1. The first-order valence-electron chi connectivity index (χ1n) is 9.03. The molecule has 30 heavy (non-hydrogen) atoms. The van der Waals surface area contributed by atoms with E-state index in [4.69, 9.17) is 4.42 Å². The van der Waals surface area contributed by atoms with Gasteiger partial charge in [-0.15, -0.1) is 0 Å². The van der Waals surface area contributed by atoms with Gasteiger partial charge in [0, 0.05) is 28.3 Å². The number of carbonyl (C=O) groups is 2. The molecule has 1 N–H and O–H groups in total. The lowest BCUT2D eigenvalue weighted by molar-refractivity contribution is -0.385. The second-order valence-corrected chi connectivity index (χ2v) is 6.79. The van der Waals surface area contributed by atoms with Crippen LogP contribution in [0.4, 0.5) is 5.69 Å². The van der Waals surface area contributed by atoms with Crippen LogP contribution >= 0.6 is 0 Å². The van der Waals surface area contributed by atoms with E-state index >= 15 is 0 Å². The molecule has 0 unspecified atom stereocenters. The van der Waals surface area contributed by atoms with E-state index in [1.807, 2.05) is 0 Å². The van der Waals surface area contributed by atoms with Gasteiger partial charge in [0.1, 0.15) is 5.76 Å². The van der Waals surface area contributed by atoms with Crippen LogP contribution in [0.25, 0.3) is 22.2 Å². The molecule has 0 fully saturated rings. The third-order valence-corrected chi connectivity index (χ3v) is 5.11. The molecule has 2 aromatic heterocycles. The van der Waals surface area contributed by atoms with Crippen LogP contribution in [0, 0.1) is 24.0 Å². The highest BCUT2D eigenvalue weighted by atomic mass is 16.6. The summed E-state index contributed by atoms with van der Waals surface area (Å²) in [5.41, 5.74) is 1.69. The van der Waals surface area contributed by atoms with E-state index < -0.39 is 16.8 Å². The Morgan fingerprint density at radius 3 is 2.47 bits per heavy atom. The van der Waals surface area contributed by atoms with Gasteiger partial charge in [0.2, 0.25) is 0 Å². The van der Waals surface area contributed by atoms with Crippen molar-refractivity contribution in [3.05, 3.63) is 87.3 Å². The zero-order valence-electron chi connectivity index (χ0n) is 16.1. The second-order valence-electron chi connectivity index (χ2n) is 6.79. The molecule has 8 nitrogen and oxygen atoms in total. The molecule has 8 heteroatoms. The zero-order valence-corrected chi connectivity index (χ0v) is 16.1. The molecule has 0 aliphatic rings. The average Bonchev–Trinajstić information content (AvgIpc) is 3.29. The summed E-state index contributed by atoms with van der Waals surface area (Å²) < 4.78 is 7.04. The lowest BCUT2D eigenvalue weighted by Crippen LogP contribution is -2.13. The Kier molecular flexibility index (Phi) is 4.46. The number of benzene rings is 2. The van der Waals surface area contributed by atoms with Crippen LogP contribution in [-0.4, -0.2) is 26.5 Å². The molecule has 0 radical (unpaired) electrons. The largest absolute Gasteiger partial charge is 0.478 e. The Bertz CT molecular complexity index is 1350. The third-order valence-electron chi connectivity index (χ3n) is 5.11. The fourth-order valence-electron chi connectivity index (χ4n) is 3.70. The number of nitro groups is 1. The van der Waals surface area contributed by atoms with Gasteiger partial charge in [-0.3, -0.25) is 19.5 Å². The summed E-state index contributed by atoms with van der Waals surface area (Å²) in [5, 5.41) is 21.2. The summed E-state index contributed by atoms with van der Waals surface area (Å²) >= 11 is 0. The topological polar surface area (TPSA) is 116 Å². The summed E-state index contributed by atoms with van der Waals surface area (Å²) in [6, 6.07) is 14.4. The maximum Gasteiger partial charge on any atom is 0.338 e. The first-order valence-corrected chi connectivity index (χ1v) is 9.03. The number of para-hydroxylation sites is 1. The molecule has 0 bridgehead atoms. The fourth-order valence-corrected chi connectivity index (χ4v) is 3.70. The van der Waals surface area contributed by atoms with Crippen LogP contribution in [-0.2, 0) is 0 Å². The monoisotopic (exact) mass is 404 g/mol. The number of hydrogen-bond donors (Lipinski definition) is 1. The van der Waals surface area contributed by atoms with Gasteiger partial charge in [0.15, 0.2) is 5.76 Å². The number of aromatic carboxylic acids is 1. The number of fused-ring (bicyclic) bond motifs is 1. The first kappa shape index (κ1) is 19.1. The van der Waals surface area contributed by atoms with Gasteiger partial charge in [-0.25, -0.2) is 4.79 Å². The number of furan rings is 1. The molecule has 0 amide bonds. The predicted molar refractivity (Wildman–Crippen MR) is 109 cm³/mol. The molecule has 0 aliphatic heterocycles. The van der Waals surface area contributed by atoms with Gasteiger partial charge < -0.3 is 9.52 Å². The molecule has 0 saturated carbocycles. The van der Waals surface area contributed by atoms with Crippen LogP contribution in [0.1, 0.15) is 32.2 Å². The number of hydrogen-bond acceptors (Lipinski definition) is 5. The molecule has 150 valence electrons. The van der Waals surface area contributed by atoms with Crippen LogP contribution in [0.5, 0.6) is 0 Å². The van der Waals surface area contributed by atoms with Crippen molar-refractivity contribution in [2.75, 3.05) is 0 Å². The van der Waals surface area contributed by atoms with Gasteiger partial charge in [-0.1, -0.05) is 30.3 Å². The summed E-state index contributed by atoms with van der Waals surface area (Å²) in [6.07, 6.45) is 0. The van der Waals surface area contributed by atoms with Crippen LogP contribution in [0.15, 0.2) is 59.0 Å². The van der Waals surface area contributed by atoms with Gasteiger partial charge in [0.05, 0.1) is 16.0 Å². The van der Waals surface area contributed by atoms with Crippen LogP contribution in [0.3, 0.4) is 0 Å². The van der Waals surface area contributed by atoms with E-state index in [9.17, 15) is 24.8 Å². The molecule has 0 aliphatic carbocycles. The minimum Gasteiger partial charge on any atom is -0.478 e. The van der Waals surface area contributed by atoms with Crippen molar-refractivity contribution >= 4 is 28.5 Å². The Balaban J connectivity index is 1.82. The van der Waals surface area contributed by atoms with Gasteiger partial charge in [-0.2, -0.15) is 0 Å². The van der Waals surface area contributed by atoms with Crippen molar-refractivity contribution in [1.29, 1.82) is 0 Å². The van der Waals surface area contributed by atoms with Crippen molar-refractivity contribution in [2.24, 2.45) is 0 Å². The number of nitro benzene ring substituents is 1. The van der Waals surface area contributed by atoms with Crippen LogP contribution < -0.4 is 0 Å². The maximum atomic E-state index is 13.2. The summed E-state index contributed by atoms with van der Waals surface area (Å²) in [6.45, 7) is 3.18. The Labute approximate surface area is 170 Å². The molecular formula is C22H16N2O6. The van der Waals surface area contributed by atoms with Gasteiger partial charge in [-0.05, 0) is 32.0 Å². The van der Waals surface area contributed by atoms with E-state index in [0.717, 1.165) is 0 Å². The summed E-state index contributed by atoms with van der Waals surface area (Å²) in [4.78, 5) is 35.6. The number of carboxylic acids is 1. The van der Waals surface area contributed by atoms with Crippen molar-refractivity contribution in [3.8, 4) is 11.3 Å². The van der Waals surface area contributed by atoms with Crippen molar-refractivity contribution in [3.63, 3.8) is 0 Å². The van der Waals surface area contributed by atoms with Crippen molar-refractivity contribution in [2.45, 2.75) is 13.8 Å². The first-order chi connectivity index (χ1) is 14.3. The summed E-state index contributed by atoms with van der Waals surface area (Å²) in [7, 11) is 0. The number of rotatable bonds is 4. The minimum absolute atomic E-state index is 0.00306. The van der Waals surface area contributed by atoms with E-state index in [0.29, 0.717) is 27.8 Å². The van der Waals surface area contributed by atoms with E-state index in [2.05, 4.69) is 0 Å². The fraction of sp³-hybridized carbons (Fsp3) is 0.0909. The van der Waals surface area contributed by atoms with Gasteiger partial charge in [0.25, 0.3) is 11.6 Å². The van der Waals surface area contributed by atoms with E-state index in [1.165, 1.54) is 16.7 Å². The molecule has 2 heterocycles. The third kappa shape index (κ3) is 2.86. The van der Waals surface area contributed by atoms with Crippen LogP contribution in [0.2, 0.25) is 0 Å². The number of carboxylic acid groups (broad SMARTS) is 1. The van der Waals surface area contributed by atoms with E-state index in [-0.39, 0.29) is 22.7 Å². The lowest BCUT2D eigenvalue weighted by Gasteiger charge is -2.06. The van der Waals surface area contributed by atoms with Crippen molar-refractivity contribution in [1.82, 2.24) is 4.57 Å². The normalized spacial score (nSPS) is 11.0. The Morgan fingerprint density at radius 2 is 1.77 bits per heavy atom. The Hall–Kier alpha value is -4.20. The molecule has 4 aromatic rings. The predicted octanol–water partition coefficient (Wildman–Crippen LogP) is 4.81. The van der Waals surface area contributed by atoms with E-state index in [1.54, 1.807) is 56.3 Å². The molecule has 0 atom stereocenters. The molecule has 2 aromatic carbocycles. The smallest absolute Gasteiger partial charge is 0.338 e. The zero-order chi connectivity index (χ0) is 21.6. The minimum atomic E-state index is -1.12. The lowest BCUT2D eigenvalue weighted by atomic mass is 10.1. The quantitative estimate of drug-likeness (QED) is 0.385. The molecular weight excluding hydrogens is 388 g/mol. The van der Waals surface area contributed by atoms with Gasteiger partial charge >= 0.3 is 5.97 Å². The highest BCUT2D eigenvalue weighted by Crippen LogP contribution is 2.32. The number of carbonyl (C=O) groups excluding carboxylic acids is 1. The highest BCUT2D eigenvalue weighted by molar-refractivity contribution is 6.10. The number of nitrogens with zero attached hydrogens (tertiary/aromatic N) is 2. The standard InChI is InChI=1S/C22H16N2O6/c1-12-14(7-5-9-16(12)24(28)29)18-10-11-19(30-18)21(25)23-13(2)20(22(26)27)15-6-3-4-8-17(15)23/h3-11H,1-2H3,(H,26,27). The molecule has 4 rings (SSSR count). The SMILES string of the molecule is Cc1c(-c2ccc(C(=O)n3c(C)c(C(=O)O)c4ccccc43)o2)cccc1[N+](=O)[O-].